The first kappa shape index (κ1) is 16.4. The molecule has 1 amide bonds. The standard InChI is InChI=1S/C12H14ClF2N5O2/c1-7-10(13)11(12(14)15)18-20(7)5-9(21)17-8-3-16-19(4-8)6-22-2/h3-4,12H,5-6H2,1-2H3,(H,17,21). The molecule has 0 fully saturated rings. The average molecular weight is 334 g/mol. The van der Waals surface area contributed by atoms with E-state index in [4.69, 9.17) is 16.3 Å². The Morgan fingerprint density at radius 3 is 2.86 bits per heavy atom. The van der Waals surface area contributed by atoms with Gasteiger partial charge in [0, 0.05) is 7.11 Å². The van der Waals surface area contributed by atoms with E-state index >= 15 is 0 Å². The van der Waals surface area contributed by atoms with Crippen LogP contribution in [0.5, 0.6) is 0 Å². The monoisotopic (exact) mass is 333 g/mol. The van der Waals surface area contributed by atoms with Crippen LogP contribution in [0.25, 0.3) is 0 Å². The summed E-state index contributed by atoms with van der Waals surface area (Å²) in [5.41, 5.74) is 0.245. The van der Waals surface area contributed by atoms with E-state index in [2.05, 4.69) is 15.5 Å². The van der Waals surface area contributed by atoms with Crippen LogP contribution in [0.1, 0.15) is 17.8 Å². The van der Waals surface area contributed by atoms with E-state index in [1.165, 1.54) is 24.9 Å². The van der Waals surface area contributed by atoms with Crippen molar-refractivity contribution in [1.82, 2.24) is 19.6 Å². The Kier molecular flexibility index (Phi) is 5.09. The molecule has 22 heavy (non-hydrogen) atoms. The molecular weight excluding hydrogens is 320 g/mol. The number of carbonyl (C=O) groups excluding carboxylic acids is 1. The van der Waals surface area contributed by atoms with Gasteiger partial charge in [-0.1, -0.05) is 11.6 Å². The van der Waals surface area contributed by atoms with Crippen LogP contribution in [-0.2, 0) is 22.8 Å². The van der Waals surface area contributed by atoms with Gasteiger partial charge < -0.3 is 10.1 Å². The largest absolute Gasteiger partial charge is 0.362 e. The van der Waals surface area contributed by atoms with Crippen LogP contribution >= 0.6 is 11.6 Å². The molecule has 0 spiro atoms. The van der Waals surface area contributed by atoms with Crippen molar-refractivity contribution in [2.75, 3.05) is 12.4 Å². The summed E-state index contributed by atoms with van der Waals surface area (Å²) < 4.78 is 32.9. The molecule has 0 unspecified atom stereocenters. The van der Waals surface area contributed by atoms with Crippen molar-refractivity contribution >= 4 is 23.2 Å². The maximum Gasteiger partial charge on any atom is 0.283 e. The first-order chi connectivity index (χ1) is 10.4. The summed E-state index contributed by atoms with van der Waals surface area (Å²) in [7, 11) is 1.52. The zero-order chi connectivity index (χ0) is 16.3. The van der Waals surface area contributed by atoms with E-state index in [0.717, 1.165) is 4.68 Å². The van der Waals surface area contributed by atoms with Gasteiger partial charge in [0.2, 0.25) is 5.91 Å². The molecule has 0 aliphatic carbocycles. The van der Waals surface area contributed by atoms with Crippen molar-refractivity contribution < 1.29 is 18.3 Å². The lowest BCUT2D eigenvalue weighted by Gasteiger charge is -2.04. The lowest BCUT2D eigenvalue weighted by molar-refractivity contribution is -0.117. The molecule has 0 saturated heterocycles. The highest BCUT2D eigenvalue weighted by Crippen LogP contribution is 2.28. The number of hydrogen-bond donors (Lipinski definition) is 1. The van der Waals surface area contributed by atoms with Gasteiger partial charge in [0.15, 0.2) is 0 Å². The Morgan fingerprint density at radius 1 is 1.55 bits per heavy atom. The zero-order valence-electron chi connectivity index (χ0n) is 11.9. The number of nitrogens with zero attached hydrogens (tertiary/aromatic N) is 4. The fourth-order valence-electron chi connectivity index (χ4n) is 1.81. The molecule has 7 nitrogen and oxygen atoms in total. The number of amides is 1. The van der Waals surface area contributed by atoms with Gasteiger partial charge in [-0.25, -0.2) is 13.5 Å². The molecule has 1 N–H and O–H groups in total. The van der Waals surface area contributed by atoms with Crippen LogP contribution in [0, 0.1) is 6.92 Å². The fraction of sp³-hybridized carbons (Fsp3) is 0.417. The highest BCUT2D eigenvalue weighted by Gasteiger charge is 2.21. The van der Waals surface area contributed by atoms with Crippen molar-refractivity contribution in [3.05, 3.63) is 28.8 Å². The molecule has 0 saturated carbocycles. The van der Waals surface area contributed by atoms with Crippen molar-refractivity contribution in [3.63, 3.8) is 0 Å². The molecule has 0 aliphatic rings. The summed E-state index contributed by atoms with van der Waals surface area (Å²) in [6.45, 7) is 1.54. The van der Waals surface area contributed by atoms with Gasteiger partial charge in [-0.3, -0.25) is 9.48 Å². The molecule has 2 aromatic rings. The summed E-state index contributed by atoms with van der Waals surface area (Å²) in [5, 5.41) is 10.1. The predicted molar refractivity (Wildman–Crippen MR) is 74.8 cm³/mol. The number of rotatable bonds is 6. The van der Waals surface area contributed by atoms with Gasteiger partial charge in [0.05, 0.1) is 28.8 Å². The zero-order valence-corrected chi connectivity index (χ0v) is 12.6. The molecule has 2 heterocycles. The molecule has 0 radical (unpaired) electrons. The van der Waals surface area contributed by atoms with Crippen LogP contribution in [0.15, 0.2) is 12.4 Å². The summed E-state index contributed by atoms with van der Waals surface area (Å²) in [6, 6.07) is 0. The van der Waals surface area contributed by atoms with Gasteiger partial charge in [0.1, 0.15) is 19.0 Å². The third-order valence-electron chi connectivity index (χ3n) is 2.84. The maximum atomic E-state index is 12.7. The molecule has 0 aliphatic heterocycles. The SMILES string of the molecule is COCn1cc(NC(=O)Cn2nc(C(F)F)c(Cl)c2C)cn1. The van der Waals surface area contributed by atoms with Crippen LogP contribution in [0.2, 0.25) is 5.02 Å². The van der Waals surface area contributed by atoms with Crippen molar-refractivity contribution in [2.24, 2.45) is 0 Å². The molecule has 0 atom stereocenters. The van der Waals surface area contributed by atoms with E-state index in [-0.39, 0.29) is 18.3 Å². The Balaban J connectivity index is 2.04. The third kappa shape index (κ3) is 3.60. The normalized spacial score (nSPS) is 11.2. The van der Waals surface area contributed by atoms with E-state index < -0.39 is 18.0 Å². The van der Waals surface area contributed by atoms with Crippen molar-refractivity contribution in [1.29, 1.82) is 0 Å². The highest BCUT2D eigenvalue weighted by molar-refractivity contribution is 6.31. The second-order valence-corrected chi connectivity index (χ2v) is 4.86. The summed E-state index contributed by atoms with van der Waals surface area (Å²) >= 11 is 5.77. The minimum atomic E-state index is -2.79. The highest BCUT2D eigenvalue weighted by atomic mass is 35.5. The topological polar surface area (TPSA) is 74.0 Å². The second kappa shape index (κ2) is 6.84. The van der Waals surface area contributed by atoms with E-state index in [1.807, 2.05) is 0 Å². The number of halogens is 3. The number of nitrogens with one attached hydrogen (secondary N) is 1. The van der Waals surface area contributed by atoms with Crippen LogP contribution < -0.4 is 5.32 Å². The van der Waals surface area contributed by atoms with Gasteiger partial charge in [-0.05, 0) is 6.92 Å². The van der Waals surface area contributed by atoms with Gasteiger partial charge in [-0.2, -0.15) is 10.2 Å². The molecule has 2 aromatic heterocycles. The molecule has 0 bridgehead atoms. The van der Waals surface area contributed by atoms with Crippen molar-refractivity contribution in [3.8, 4) is 0 Å². The number of anilines is 1. The molecule has 0 aromatic carbocycles. The first-order valence-electron chi connectivity index (χ1n) is 6.24. The minimum absolute atomic E-state index is 0.129. The molecule has 120 valence electrons. The van der Waals surface area contributed by atoms with Crippen LogP contribution in [0.3, 0.4) is 0 Å². The number of methoxy groups -OCH3 is 1. The molecule has 10 heteroatoms. The Morgan fingerprint density at radius 2 is 2.27 bits per heavy atom. The summed E-state index contributed by atoms with van der Waals surface area (Å²) in [5.74, 6) is -0.431. The fourth-order valence-corrected chi connectivity index (χ4v) is 2.03. The Bertz CT molecular complexity index is 671. The van der Waals surface area contributed by atoms with E-state index in [1.54, 1.807) is 6.20 Å². The van der Waals surface area contributed by atoms with Gasteiger partial charge >= 0.3 is 0 Å². The van der Waals surface area contributed by atoms with Gasteiger partial charge in [0.25, 0.3) is 6.43 Å². The molecular formula is C12H14ClF2N5O2. The lowest BCUT2D eigenvalue weighted by Crippen LogP contribution is -2.20. The number of carbonyl (C=O) groups is 1. The second-order valence-electron chi connectivity index (χ2n) is 4.48. The summed E-state index contributed by atoms with van der Waals surface area (Å²) in [4.78, 5) is 11.9. The van der Waals surface area contributed by atoms with Gasteiger partial charge in [-0.15, -0.1) is 0 Å². The number of aromatic nitrogens is 4. The first-order valence-corrected chi connectivity index (χ1v) is 6.62. The van der Waals surface area contributed by atoms with Crippen molar-refractivity contribution in [2.45, 2.75) is 26.6 Å². The quantitative estimate of drug-likeness (QED) is 0.879. The lowest BCUT2D eigenvalue weighted by atomic mass is 10.4. The Hall–Kier alpha value is -2.00. The molecule has 2 rings (SSSR count). The third-order valence-corrected chi connectivity index (χ3v) is 3.30. The number of ether oxygens (including phenoxy) is 1. The predicted octanol–water partition coefficient (Wildman–Crippen LogP) is 2.22. The average Bonchev–Trinajstić information content (AvgIpc) is 2.99. The van der Waals surface area contributed by atoms with E-state index in [0.29, 0.717) is 11.4 Å². The minimum Gasteiger partial charge on any atom is -0.362 e. The van der Waals surface area contributed by atoms with Crippen LogP contribution in [0.4, 0.5) is 14.5 Å². The number of hydrogen-bond acceptors (Lipinski definition) is 4. The Labute approximate surface area is 129 Å². The van der Waals surface area contributed by atoms with E-state index in [9.17, 15) is 13.6 Å². The van der Waals surface area contributed by atoms with Crippen LogP contribution in [-0.4, -0.2) is 32.6 Å². The summed E-state index contributed by atoms with van der Waals surface area (Å²) in [6.07, 6.45) is 0.238. The number of alkyl halides is 2. The smallest absolute Gasteiger partial charge is 0.283 e. The maximum absolute atomic E-state index is 12.7.